The Balaban J connectivity index is 1.71. The second kappa shape index (κ2) is 6.03. The molecule has 1 unspecified atom stereocenters. The van der Waals surface area contributed by atoms with E-state index in [0.29, 0.717) is 19.0 Å². The lowest BCUT2D eigenvalue weighted by Crippen LogP contribution is -2.26. The molecule has 1 saturated heterocycles. The molecule has 3 heterocycles. The number of rotatable bonds is 3. The summed E-state index contributed by atoms with van der Waals surface area (Å²) in [6, 6.07) is 11.2. The fourth-order valence-corrected chi connectivity index (χ4v) is 3.43. The van der Waals surface area contributed by atoms with Crippen molar-refractivity contribution in [1.29, 1.82) is 0 Å². The van der Waals surface area contributed by atoms with Crippen LogP contribution < -0.4 is 14.4 Å². The van der Waals surface area contributed by atoms with Gasteiger partial charge in [-0.1, -0.05) is 18.2 Å². The molecule has 0 bridgehead atoms. The summed E-state index contributed by atoms with van der Waals surface area (Å²) in [5.74, 6) is 1.25. The lowest BCUT2D eigenvalue weighted by Gasteiger charge is -2.29. The van der Waals surface area contributed by atoms with Gasteiger partial charge >= 0.3 is 5.97 Å². The number of aromatic carboxylic acids is 1. The van der Waals surface area contributed by atoms with Gasteiger partial charge in [0.1, 0.15) is 19.0 Å². The zero-order chi connectivity index (χ0) is 16.5. The first-order valence-corrected chi connectivity index (χ1v) is 8.09. The Morgan fingerprint density at radius 2 is 2.00 bits per heavy atom. The summed E-state index contributed by atoms with van der Waals surface area (Å²) >= 11 is 0. The zero-order valence-electron chi connectivity index (χ0n) is 13.1. The molecule has 2 aromatic rings. The molecule has 0 radical (unpaired) electrons. The summed E-state index contributed by atoms with van der Waals surface area (Å²) in [5, 5.41) is 9.18. The number of carbonyl (C=O) groups is 1. The third-order valence-corrected chi connectivity index (χ3v) is 4.46. The molecule has 1 atom stereocenters. The zero-order valence-corrected chi connectivity index (χ0v) is 13.1. The first-order valence-electron chi connectivity index (χ1n) is 8.09. The van der Waals surface area contributed by atoms with Crippen LogP contribution in [0.25, 0.3) is 0 Å². The maximum atomic E-state index is 11.2. The van der Waals surface area contributed by atoms with Crippen LogP contribution in [0, 0.1) is 0 Å². The summed E-state index contributed by atoms with van der Waals surface area (Å²) in [5.41, 5.74) is 1.14. The van der Waals surface area contributed by atoms with Crippen LogP contribution in [0.3, 0.4) is 0 Å². The minimum Gasteiger partial charge on any atom is -0.486 e. The highest BCUT2D eigenvalue weighted by molar-refractivity contribution is 5.85. The van der Waals surface area contributed by atoms with Crippen molar-refractivity contribution in [2.45, 2.75) is 18.9 Å². The predicted octanol–water partition coefficient (Wildman–Crippen LogP) is 2.89. The summed E-state index contributed by atoms with van der Waals surface area (Å²) in [4.78, 5) is 17.6. The minimum atomic E-state index is -1.01. The molecule has 2 aliphatic rings. The Hall–Kier alpha value is -2.76. The topological polar surface area (TPSA) is 71.9 Å². The molecule has 0 aliphatic carbocycles. The molecule has 124 valence electrons. The molecule has 6 nitrogen and oxygen atoms in total. The molecule has 1 N–H and O–H groups in total. The minimum absolute atomic E-state index is 0.0628. The smallest absolute Gasteiger partial charge is 0.354 e. The number of fused-ring (bicyclic) bond motifs is 1. The second-order valence-corrected chi connectivity index (χ2v) is 5.91. The lowest BCUT2D eigenvalue weighted by atomic mass is 10.0. The molecule has 1 aromatic heterocycles. The number of benzene rings is 1. The average molecular weight is 326 g/mol. The normalized spacial score (nSPS) is 19.3. The molecule has 24 heavy (non-hydrogen) atoms. The number of aromatic nitrogens is 1. The van der Waals surface area contributed by atoms with Gasteiger partial charge in [-0.05, 0) is 31.0 Å². The van der Waals surface area contributed by atoms with Gasteiger partial charge in [0.05, 0.1) is 6.04 Å². The number of para-hydroxylation sites is 1. The van der Waals surface area contributed by atoms with E-state index in [4.69, 9.17) is 9.47 Å². The Bertz CT molecular complexity index is 777. The van der Waals surface area contributed by atoms with Crippen LogP contribution in [-0.4, -0.2) is 35.8 Å². The highest BCUT2D eigenvalue weighted by atomic mass is 16.6. The maximum Gasteiger partial charge on any atom is 0.354 e. The lowest BCUT2D eigenvalue weighted by molar-refractivity contribution is 0.0690. The Labute approximate surface area is 139 Å². The van der Waals surface area contributed by atoms with Gasteiger partial charge in [-0.15, -0.1) is 0 Å². The fraction of sp³-hybridized carbons (Fsp3) is 0.333. The summed E-state index contributed by atoms with van der Waals surface area (Å²) in [6.07, 6.45) is 1.99. The summed E-state index contributed by atoms with van der Waals surface area (Å²) < 4.78 is 11.5. The number of ether oxygens (including phenoxy) is 2. The van der Waals surface area contributed by atoms with E-state index in [9.17, 15) is 9.90 Å². The number of anilines is 1. The first kappa shape index (κ1) is 14.8. The van der Waals surface area contributed by atoms with Crippen molar-refractivity contribution >= 4 is 11.8 Å². The van der Waals surface area contributed by atoms with Gasteiger partial charge in [0, 0.05) is 12.1 Å². The molecule has 4 rings (SSSR count). The third-order valence-electron chi connectivity index (χ3n) is 4.46. The molecule has 0 spiro atoms. The van der Waals surface area contributed by atoms with Crippen LogP contribution in [0.1, 0.15) is 34.9 Å². The number of hydrogen-bond donors (Lipinski definition) is 1. The van der Waals surface area contributed by atoms with Crippen LogP contribution in [0.4, 0.5) is 5.82 Å². The van der Waals surface area contributed by atoms with Crippen molar-refractivity contribution in [3.05, 3.63) is 47.7 Å². The third kappa shape index (κ3) is 2.54. The molecule has 0 amide bonds. The highest BCUT2D eigenvalue weighted by Crippen LogP contribution is 2.43. The Morgan fingerprint density at radius 1 is 1.17 bits per heavy atom. The van der Waals surface area contributed by atoms with E-state index in [2.05, 4.69) is 16.0 Å². The van der Waals surface area contributed by atoms with Gasteiger partial charge in [-0.2, -0.15) is 0 Å². The average Bonchev–Trinajstić information content (AvgIpc) is 3.11. The number of pyridine rings is 1. The van der Waals surface area contributed by atoms with E-state index in [1.54, 1.807) is 6.07 Å². The van der Waals surface area contributed by atoms with Gasteiger partial charge in [0.2, 0.25) is 0 Å². The van der Waals surface area contributed by atoms with Gasteiger partial charge in [0.15, 0.2) is 17.2 Å². The monoisotopic (exact) mass is 326 g/mol. The summed E-state index contributed by atoms with van der Waals surface area (Å²) in [6.45, 7) is 1.95. The van der Waals surface area contributed by atoms with Crippen LogP contribution in [0.5, 0.6) is 11.5 Å². The van der Waals surface area contributed by atoms with E-state index in [1.807, 2.05) is 18.2 Å². The molecular weight excluding hydrogens is 308 g/mol. The highest BCUT2D eigenvalue weighted by Gasteiger charge is 2.31. The molecule has 1 fully saturated rings. The number of carboxylic acid groups (broad SMARTS) is 1. The van der Waals surface area contributed by atoms with Gasteiger partial charge in [-0.3, -0.25) is 0 Å². The SMILES string of the molecule is O=C(O)c1cccc(N2CCCC2c2cccc3c2OCCO3)n1. The number of carboxylic acids is 1. The van der Waals surface area contributed by atoms with Gasteiger partial charge in [0.25, 0.3) is 0 Å². The van der Waals surface area contributed by atoms with E-state index in [0.717, 1.165) is 36.4 Å². The number of nitrogens with zero attached hydrogens (tertiary/aromatic N) is 2. The Kier molecular flexibility index (Phi) is 3.72. The molecule has 1 aromatic carbocycles. The van der Waals surface area contributed by atoms with Crippen molar-refractivity contribution in [3.63, 3.8) is 0 Å². The van der Waals surface area contributed by atoms with Crippen molar-refractivity contribution in [1.82, 2.24) is 4.98 Å². The number of hydrogen-bond acceptors (Lipinski definition) is 5. The van der Waals surface area contributed by atoms with E-state index in [1.165, 1.54) is 6.07 Å². The standard InChI is InChI=1S/C18H18N2O4/c21-18(22)13-5-2-8-16(19-13)20-9-3-6-14(20)12-4-1-7-15-17(12)24-11-10-23-15/h1-2,4-5,7-8,14H,3,6,9-11H2,(H,21,22). The van der Waals surface area contributed by atoms with Crippen molar-refractivity contribution in [2.75, 3.05) is 24.7 Å². The first-order chi connectivity index (χ1) is 11.7. The maximum absolute atomic E-state index is 11.2. The van der Waals surface area contributed by atoms with Crippen molar-refractivity contribution < 1.29 is 19.4 Å². The second-order valence-electron chi connectivity index (χ2n) is 5.91. The van der Waals surface area contributed by atoms with Crippen LogP contribution in [-0.2, 0) is 0 Å². The fourth-order valence-electron chi connectivity index (χ4n) is 3.43. The van der Waals surface area contributed by atoms with E-state index in [-0.39, 0.29) is 11.7 Å². The van der Waals surface area contributed by atoms with Gasteiger partial charge in [-0.25, -0.2) is 9.78 Å². The van der Waals surface area contributed by atoms with Crippen molar-refractivity contribution in [3.8, 4) is 11.5 Å². The van der Waals surface area contributed by atoms with Crippen molar-refractivity contribution in [2.24, 2.45) is 0 Å². The molecule has 6 heteroatoms. The molecular formula is C18H18N2O4. The molecule has 2 aliphatic heterocycles. The Morgan fingerprint density at radius 3 is 2.88 bits per heavy atom. The van der Waals surface area contributed by atoms with Crippen LogP contribution in [0.15, 0.2) is 36.4 Å². The molecule has 0 saturated carbocycles. The van der Waals surface area contributed by atoms with Crippen LogP contribution in [0.2, 0.25) is 0 Å². The quantitative estimate of drug-likeness (QED) is 0.935. The largest absolute Gasteiger partial charge is 0.486 e. The predicted molar refractivity (Wildman–Crippen MR) is 87.9 cm³/mol. The summed E-state index contributed by atoms with van der Waals surface area (Å²) in [7, 11) is 0. The van der Waals surface area contributed by atoms with E-state index >= 15 is 0 Å². The van der Waals surface area contributed by atoms with Gasteiger partial charge < -0.3 is 19.5 Å². The van der Waals surface area contributed by atoms with E-state index < -0.39 is 5.97 Å². The van der Waals surface area contributed by atoms with Crippen LogP contribution >= 0.6 is 0 Å².